The van der Waals surface area contributed by atoms with E-state index < -0.39 is 0 Å². The van der Waals surface area contributed by atoms with Gasteiger partial charge in [0.15, 0.2) is 0 Å². The molecule has 1 rings (SSSR count). The maximum atomic E-state index is 4.09. The minimum atomic E-state index is 0.603. The van der Waals surface area contributed by atoms with Gasteiger partial charge in [0.2, 0.25) is 5.95 Å². The Labute approximate surface area is 104 Å². The van der Waals surface area contributed by atoms with Gasteiger partial charge in [-0.1, -0.05) is 32.1 Å². The first-order chi connectivity index (χ1) is 8.36. The summed E-state index contributed by atoms with van der Waals surface area (Å²) < 4.78 is 0. The standard InChI is InChI=1S/C12H15N3.C2H6/c1-3-5-8-11(7-4-2)15-12-13-9-6-10-14-12;1-2/h3-10H,1-2H3,(H,13,14,15);1-2H3/b5-3-,7-4-,11-8+;. The van der Waals surface area contributed by atoms with E-state index in [1.54, 1.807) is 18.5 Å². The Bertz CT molecular complexity index is 364. The average Bonchev–Trinajstić information content (AvgIpc) is 2.40. The lowest BCUT2D eigenvalue weighted by atomic mass is 10.3. The Morgan fingerprint density at radius 3 is 2.29 bits per heavy atom. The van der Waals surface area contributed by atoms with Gasteiger partial charge in [-0.05, 0) is 32.1 Å². The summed E-state index contributed by atoms with van der Waals surface area (Å²) in [6.45, 7) is 7.94. The number of rotatable bonds is 4. The summed E-state index contributed by atoms with van der Waals surface area (Å²) in [5.74, 6) is 0.603. The van der Waals surface area contributed by atoms with E-state index in [9.17, 15) is 0 Å². The van der Waals surface area contributed by atoms with E-state index in [0.29, 0.717) is 5.95 Å². The Kier molecular flexibility index (Phi) is 9.43. The number of hydrogen-bond donors (Lipinski definition) is 1. The van der Waals surface area contributed by atoms with Crippen LogP contribution < -0.4 is 5.32 Å². The van der Waals surface area contributed by atoms with Crippen LogP contribution >= 0.6 is 0 Å². The Balaban J connectivity index is 0.00000121. The SMILES string of the molecule is CC.C\C=C/C=C(\C=C/C)Nc1ncccn1. The zero-order valence-corrected chi connectivity index (χ0v) is 11.0. The maximum Gasteiger partial charge on any atom is 0.227 e. The van der Waals surface area contributed by atoms with Gasteiger partial charge >= 0.3 is 0 Å². The smallest absolute Gasteiger partial charge is 0.227 e. The molecule has 1 N–H and O–H groups in total. The first-order valence-electron chi connectivity index (χ1n) is 5.86. The van der Waals surface area contributed by atoms with Crippen molar-refractivity contribution < 1.29 is 0 Å². The van der Waals surface area contributed by atoms with Gasteiger partial charge in [0, 0.05) is 18.1 Å². The molecule has 0 fully saturated rings. The number of anilines is 1. The largest absolute Gasteiger partial charge is 0.324 e. The summed E-state index contributed by atoms with van der Waals surface area (Å²) in [4.78, 5) is 8.18. The van der Waals surface area contributed by atoms with Crippen LogP contribution in [0.1, 0.15) is 27.7 Å². The van der Waals surface area contributed by atoms with E-state index in [2.05, 4.69) is 15.3 Å². The highest BCUT2D eigenvalue weighted by Gasteiger charge is 1.94. The molecule has 92 valence electrons. The van der Waals surface area contributed by atoms with Crippen LogP contribution in [0.2, 0.25) is 0 Å². The van der Waals surface area contributed by atoms with Crippen molar-refractivity contribution in [2.75, 3.05) is 5.32 Å². The van der Waals surface area contributed by atoms with Crippen molar-refractivity contribution in [1.82, 2.24) is 9.97 Å². The second-order valence-corrected chi connectivity index (χ2v) is 2.85. The summed E-state index contributed by atoms with van der Waals surface area (Å²) in [5.41, 5.74) is 0.960. The molecule has 0 aliphatic rings. The molecule has 1 aromatic rings. The van der Waals surface area contributed by atoms with E-state index in [-0.39, 0.29) is 0 Å². The second kappa shape index (κ2) is 10.6. The van der Waals surface area contributed by atoms with Crippen molar-refractivity contribution in [1.29, 1.82) is 0 Å². The molecule has 1 aromatic heterocycles. The highest BCUT2D eigenvalue weighted by molar-refractivity contribution is 5.40. The van der Waals surface area contributed by atoms with Crippen molar-refractivity contribution >= 4 is 5.95 Å². The monoisotopic (exact) mass is 231 g/mol. The number of allylic oxidation sites excluding steroid dienone is 5. The van der Waals surface area contributed by atoms with Crippen LogP contribution in [0.15, 0.2) is 54.5 Å². The fourth-order valence-electron chi connectivity index (χ4n) is 1.01. The van der Waals surface area contributed by atoms with Crippen molar-refractivity contribution in [3.05, 3.63) is 54.5 Å². The molecule has 0 radical (unpaired) electrons. The number of aromatic nitrogens is 2. The van der Waals surface area contributed by atoms with E-state index in [0.717, 1.165) is 5.70 Å². The fourth-order valence-corrected chi connectivity index (χ4v) is 1.01. The van der Waals surface area contributed by atoms with Gasteiger partial charge in [0.05, 0.1) is 0 Å². The normalized spacial score (nSPS) is 11.4. The minimum Gasteiger partial charge on any atom is -0.324 e. The molecule has 3 nitrogen and oxygen atoms in total. The predicted molar refractivity (Wildman–Crippen MR) is 74.7 cm³/mol. The minimum absolute atomic E-state index is 0.603. The number of nitrogens with one attached hydrogen (secondary N) is 1. The quantitative estimate of drug-likeness (QED) is 0.797. The lowest BCUT2D eigenvalue weighted by Crippen LogP contribution is -2.00. The van der Waals surface area contributed by atoms with E-state index >= 15 is 0 Å². The lowest BCUT2D eigenvalue weighted by Gasteiger charge is -2.03. The van der Waals surface area contributed by atoms with Gasteiger partial charge in [-0.25, -0.2) is 9.97 Å². The van der Waals surface area contributed by atoms with Crippen molar-refractivity contribution in [2.45, 2.75) is 27.7 Å². The number of nitrogens with zero attached hydrogens (tertiary/aromatic N) is 2. The molecule has 0 aliphatic heterocycles. The third-order valence-electron chi connectivity index (χ3n) is 1.64. The van der Waals surface area contributed by atoms with Gasteiger partial charge < -0.3 is 5.32 Å². The topological polar surface area (TPSA) is 37.8 Å². The van der Waals surface area contributed by atoms with Crippen LogP contribution in [-0.2, 0) is 0 Å². The molecule has 0 saturated carbocycles. The average molecular weight is 231 g/mol. The fraction of sp³-hybridized carbons (Fsp3) is 0.286. The summed E-state index contributed by atoms with van der Waals surface area (Å²) in [7, 11) is 0. The van der Waals surface area contributed by atoms with Crippen LogP contribution in [0.5, 0.6) is 0 Å². The lowest BCUT2D eigenvalue weighted by molar-refractivity contribution is 1.15. The van der Waals surface area contributed by atoms with E-state index in [4.69, 9.17) is 0 Å². The van der Waals surface area contributed by atoms with Gasteiger partial charge in [0.1, 0.15) is 0 Å². The molecular formula is C14H21N3. The zero-order valence-electron chi connectivity index (χ0n) is 11.0. The van der Waals surface area contributed by atoms with Gasteiger partial charge in [-0.2, -0.15) is 0 Å². The van der Waals surface area contributed by atoms with Gasteiger partial charge in [-0.15, -0.1) is 0 Å². The van der Waals surface area contributed by atoms with Crippen LogP contribution in [0.25, 0.3) is 0 Å². The molecule has 0 aromatic carbocycles. The second-order valence-electron chi connectivity index (χ2n) is 2.85. The third kappa shape index (κ3) is 7.06. The third-order valence-corrected chi connectivity index (χ3v) is 1.64. The molecule has 0 unspecified atom stereocenters. The molecule has 0 atom stereocenters. The van der Waals surface area contributed by atoms with Crippen molar-refractivity contribution in [2.24, 2.45) is 0 Å². The van der Waals surface area contributed by atoms with Crippen molar-refractivity contribution in [3.63, 3.8) is 0 Å². The molecule has 17 heavy (non-hydrogen) atoms. The first-order valence-corrected chi connectivity index (χ1v) is 5.86. The summed E-state index contributed by atoms with van der Waals surface area (Å²) >= 11 is 0. The van der Waals surface area contributed by atoms with Crippen LogP contribution in [0.4, 0.5) is 5.95 Å². The highest BCUT2D eigenvalue weighted by atomic mass is 15.1. The van der Waals surface area contributed by atoms with E-state index in [1.807, 2.05) is 58.1 Å². The van der Waals surface area contributed by atoms with E-state index in [1.165, 1.54) is 0 Å². The molecule has 0 amide bonds. The zero-order chi connectivity index (χ0) is 12.9. The molecule has 0 saturated heterocycles. The Morgan fingerprint density at radius 1 is 1.12 bits per heavy atom. The molecule has 3 heteroatoms. The van der Waals surface area contributed by atoms with Gasteiger partial charge in [0.25, 0.3) is 0 Å². The van der Waals surface area contributed by atoms with Crippen LogP contribution in [-0.4, -0.2) is 9.97 Å². The van der Waals surface area contributed by atoms with Crippen LogP contribution in [0.3, 0.4) is 0 Å². The highest BCUT2D eigenvalue weighted by Crippen LogP contribution is 2.03. The molecular weight excluding hydrogens is 210 g/mol. The first kappa shape index (κ1) is 15.1. The Hall–Kier alpha value is -1.90. The molecule has 0 aliphatic carbocycles. The van der Waals surface area contributed by atoms with Crippen LogP contribution in [0, 0.1) is 0 Å². The summed E-state index contributed by atoms with van der Waals surface area (Å²) in [6.07, 6.45) is 13.2. The molecule has 0 spiro atoms. The summed E-state index contributed by atoms with van der Waals surface area (Å²) in [5, 5.41) is 3.12. The molecule has 1 heterocycles. The number of hydrogen-bond acceptors (Lipinski definition) is 3. The maximum absolute atomic E-state index is 4.09. The Morgan fingerprint density at radius 2 is 1.76 bits per heavy atom. The summed E-state index contributed by atoms with van der Waals surface area (Å²) in [6, 6.07) is 1.79. The van der Waals surface area contributed by atoms with Crippen molar-refractivity contribution in [3.8, 4) is 0 Å². The predicted octanol–water partition coefficient (Wildman–Crippen LogP) is 3.95. The molecule has 0 bridgehead atoms. The van der Waals surface area contributed by atoms with Gasteiger partial charge in [-0.3, -0.25) is 0 Å².